The fraction of sp³-hybridized carbons (Fsp3) is 0.524. The maximum atomic E-state index is 9.94. The van der Waals surface area contributed by atoms with Crippen molar-refractivity contribution in [3.05, 3.63) is 48.1 Å². The normalized spacial score (nSPS) is 25.3. The molecule has 0 saturated heterocycles. The number of ether oxygens (including phenoxy) is 1. The molecule has 2 aliphatic carbocycles. The predicted octanol–water partition coefficient (Wildman–Crippen LogP) is 4.57. The topological polar surface area (TPSA) is 41.5 Å². The molecule has 1 heterocycles. The molecule has 0 spiro atoms. The second-order valence-corrected chi connectivity index (χ2v) is 6.39. The maximum absolute atomic E-state index is 9.94. The number of likely N-dealkylation sites (N-methyl/N-ethyl adjacent to an activating group) is 1. The molecule has 24 heavy (non-hydrogen) atoms. The van der Waals surface area contributed by atoms with Crippen molar-refractivity contribution >= 4 is 0 Å². The summed E-state index contributed by atoms with van der Waals surface area (Å²) >= 11 is 0. The zero-order valence-corrected chi connectivity index (χ0v) is 15.3. The summed E-state index contributed by atoms with van der Waals surface area (Å²) in [7, 11) is 1.89. The van der Waals surface area contributed by atoms with Crippen LogP contribution >= 0.6 is 0 Å². The highest BCUT2D eigenvalue weighted by Crippen LogP contribution is 2.57. The van der Waals surface area contributed by atoms with E-state index >= 15 is 0 Å². The molecule has 3 unspecified atom stereocenters. The molecule has 0 bridgehead atoms. The molecule has 1 fully saturated rings. The highest BCUT2D eigenvalue weighted by molar-refractivity contribution is 5.57. The third-order valence-electron chi connectivity index (χ3n) is 5.05. The van der Waals surface area contributed by atoms with Crippen LogP contribution in [0.5, 0.6) is 11.5 Å². The molecule has 0 amide bonds. The van der Waals surface area contributed by atoms with Crippen molar-refractivity contribution in [3.8, 4) is 11.5 Å². The number of nitrogens with one attached hydrogen (secondary N) is 1. The van der Waals surface area contributed by atoms with Crippen LogP contribution < -0.4 is 10.1 Å². The molecular formula is C21H31NO2. The van der Waals surface area contributed by atoms with Gasteiger partial charge >= 0.3 is 0 Å². The Kier molecular flexibility index (Phi) is 6.50. The quantitative estimate of drug-likeness (QED) is 0.781. The second-order valence-electron chi connectivity index (χ2n) is 6.39. The summed E-state index contributed by atoms with van der Waals surface area (Å²) in [5, 5.41) is 12.8. The smallest absolute Gasteiger partial charge is 0.165 e. The van der Waals surface area contributed by atoms with Gasteiger partial charge in [-0.25, -0.2) is 0 Å². The largest absolute Gasteiger partial charge is 0.504 e. The SMILES string of the molecule is C=C1CCC2CCc3ccc(O)c4c3C2C1O4.C=CCNC.CC. The lowest BCUT2D eigenvalue weighted by Gasteiger charge is -2.37. The summed E-state index contributed by atoms with van der Waals surface area (Å²) in [6, 6.07) is 3.84. The van der Waals surface area contributed by atoms with Crippen LogP contribution in [0, 0.1) is 5.92 Å². The van der Waals surface area contributed by atoms with Gasteiger partial charge in [0.2, 0.25) is 0 Å². The monoisotopic (exact) mass is 329 g/mol. The summed E-state index contributed by atoms with van der Waals surface area (Å²) in [6.07, 6.45) is 6.64. The van der Waals surface area contributed by atoms with Gasteiger partial charge in [0.25, 0.3) is 0 Å². The summed E-state index contributed by atoms with van der Waals surface area (Å²) in [5.41, 5.74) is 3.86. The van der Waals surface area contributed by atoms with Gasteiger partial charge in [-0.15, -0.1) is 6.58 Å². The number of benzene rings is 1. The van der Waals surface area contributed by atoms with E-state index in [4.69, 9.17) is 4.74 Å². The zero-order chi connectivity index (χ0) is 17.7. The third-order valence-corrected chi connectivity index (χ3v) is 5.05. The van der Waals surface area contributed by atoms with E-state index in [0.29, 0.717) is 11.7 Å². The summed E-state index contributed by atoms with van der Waals surface area (Å²) < 4.78 is 6.00. The molecule has 1 aromatic carbocycles. The lowest BCUT2D eigenvalue weighted by atomic mass is 9.66. The summed E-state index contributed by atoms with van der Waals surface area (Å²) in [6.45, 7) is 12.5. The minimum Gasteiger partial charge on any atom is -0.504 e. The predicted molar refractivity (Wildman–Crippen MR) is 101 cm³/mol. The molecule has 3 aliphatic rings. The molecule has 4 rings (SSSR count). The van der Waals surface area contributed by atoms with Crippen molar-refractivity contribution in [1.29, 1.82) is 0 Å². The van der Waals surface area contributed by atoms with Crippen molar-refractivity contribution < 1.29 is 9.84 Å². The van der Waals surface area contributed by atoms with E-state index in [1.165, 1.54) is 29.5 Å². The summed E-state index contributed by atoms with van der Waals surface area (Å²) in [4.78, 5) is 0. The molecule has 0 aromatic heterocycles. The van der Waals surface area contributed by atoms with Gasteiger partial charge in [0.1, 0.15) is 6.10 Å². The Morgan fingerprint density at radius 1 is 1.29 bits per heavy atom. The van der Waals surface area contributed by atoms with Crippen LogP contribution in [0.3, 0.4) is 0 Å². The Hall–Kier alpha value is -1.74. The fourth-order valence-corrected chi connectivity index (χ4v) is 4.01. The van der Waals surface area contributed by atoms with Crippen molar-refractivity contribution in [1.82, 2.24) is 5.32 Å². The molecule has 3 atom stereocenters. The van der Waals surface area contributed by atoms with Crippen molar-refractivity contribution in [2.75, 3.05) is 13.6 Å². The van der Waals surface area contributed by atoms with Gasteiger partial charge in [0, 0.05) is 18.0 Å². The van der Waals surface area contributed by atoms with E-state index in [2.05, 4.69) is 24.5 Å². The Balaban J connectivity index is 0.000000259. The third kappa shape index (κ3) is 3.36. The van der Waals surface area contributed by atoms with Gasteiger partial charge in [0.15, 0.2) is 11.5 Å². The average Bonchev–Trinajstić information content (AvgIpc) is 3.03. The zero-order valence-electron chi connectivity index (χ0n) is 15.3. The van der Waals surface area contributed by atoms with E-state index in [1.807, 2.05) is 27.0 Å². The van der Waals surface area contributed by atoms with E-state index in [9.17, 15) is 5.11 Å². The highest BCUT2D eigenvalue weighted by Gasteiger charge is 2.47. The first-order chi connectivity index (χ1) is 11.7. The van der Waals surface area contributed by atoms with Gasteiger partial charge in [-0.05, 0) is 55.9 Å². The number of aromatic hydroxyl groups is 1. The molecule has 0 radical (unpaired) electrons. The minimum atomic E-state index is 0.121. The summed E-state index contributed by atoms with van der Waals surface area (Å²) in [5.74, 6) is 2.22. The van der Waals surface area contributed by atoms with E-state index in [0.717, 1.165) is 31.1 Å². The van der Waals surface area contributed by atoms with Gasteiger partial charge < -0.3 is 15.2 Å². The van der Waals surface area contributed by atoms with Crippen LogP contribution in [0.25, 0.3) is 0 Å². The number of hydrogen-bond acceptors (Lipinski definition) is 3. The number of hydrogen-bond donors (Lipinski definition) is 2. The lowest BCUT2D eigenvalue weighted by Crippen LogP contribution is -2.34. The van der Waals surface area contributed by atoms with Gasteiger partial charge in [-0.2, -0.15) is 0 Å². The number of aryl methyl sites for hydroxylation is 1. The van der Waals surface area contributed by atoms with Crippen molar-refractivity contribution in [2.24, 2.45) is 5.92 Å². The minimum absolute atomic E-state index is 0.121. The second kappa shape index (κ2) is 8.39. The highest BCUT2D eigenvalue weighted by atomic mass is 16.5. The fourth-order valence-electron chi connectivity index (χ4n) is 4.01. The van der Waals surface area contributed by atoms with E-state index in [-0.39, 0.29) is 6.10 Å². The molecule has 1 saturated carbocycles. The number of phenols is 1. The van der Waals surface area contributed by atoms with Crippen molar-refractivity contribution in [2.45, 2.75) is 51.6 Å². The van der Waals surface area contributed by atoms with Crippen molar-refractivity contribution in [3.63, 3.8) is 0 Å². The van der Waals surface area contributed by atoms with Gasteiger partial charge in [-0.1, -0.05) is 32.6 Å². The van der Waals surface area contributed by atoms with Crippen LogP contribution in [0.1, 0.15) is 50.2 Å². The molecule has 2 N–H and O–H groups in total. The Labute approximate surface area is 146 Å². The standard InChI is InChI=1S/C15H16O2.C4H9N.C2H6/c1-8-2-3-9-4-5-10-6-7-11(16)15-13(10)12(9)14(8)17-15;1-3-4-5-2;1-2/h6-7,9,12,14,16H,1-5H2;3,5H,1,4H2,2H3;1-2H3. The molecule has 3 nitrogen and oxygen atoms in total. The molecule has 1 aliphatic heterocycles. The molecule has 1 aromatic rings. The average molecular weight is 329 g/mol. The van der Waals surface area contributed by atoms with Crippen LogP contribution in [0.4, 0.5) is 0 Å². The van der Waals surface area contributed by atoms with Crippen LogP contribution in [0.2, 0.25) is 0 Å². The Morgan fingerprint density at radius 3 is 2.62 bits per heavy atom. The van der Waals surface area contributed by atoms with Crippen LogP contribution in [0.15, 0.2) is 36.9 Å². The van der Waals surface area contributed by atoms with Crippen LogP contribution in [-0.4, -0.2) is 24.8 Å². The molecule has 3 heteroatoms. The van der Waals surface area contributed by atoms with E-state index in [1.54, 1.807) is 6.07 Å². The first-order valence-corrected chi connectivity index (χ1v) is 9.12. The Bertz CT molecular complexity index is 594. The number of phenolic OH excluding ortho intramolecular Hbond substituents is 1. The molecular weight excluding hydrogens is 298 g/mol. The maximum Gasteiger partial charge on any atom is 0.165 e. The number of rotatable bonds is 2. The van der Waals surface area contributed by atoms with Gasteiger partial charge in [-0.3, -0.25) is 0 Å². The van der Waals surface area contributed by atoms with E-state index < -0.39 is 0 Å². The van der Waals surface area contributed by atoms with Crippen LogP contribution in [-0.2, 0) is 6.42 Å². The Morgan fingerprint density at radius 2 is 2.00 bits per heavy atom. The first-order valence-electron chi connectivity index (χ1n) is 9.12. The van der Waals surface area contributed by atoms with Gasteiger partial charge in [0.05, 0.1) is 0 Å². The first kappa shape index (κ1) is 18.6. The lowest BCUT2D eigenvalue weighted by molar-refractivity contribution is 0.165. The molecule has 132 valence electrons.